The molecule has 2 aromatic rings. The molecular formula is C12H13BrN4OS. The summed E-state index contributed by atoms with van der Waals surface area (Å²) in [7, 11) is 0. The second-order valence-corrected chi connectivity index (χ2v) is 5.60. The van der Waals surface area contributed by atoms with Gasteiger partial charge in [0.2, 0.25) is 5.13 Å². The lowest BCUT2D eigenvalue weighted by Gasteiger charge is -2.17. The highest BCUT2D eigenvalue weighted by Crippen LogP contribution is 2.19. The summed E-state index contributed by atoms with van der Waals surface area (Å²) in [4.78, 5) is 11.8. The normalized spacial score (nSPS) is 11.9. The third kappa shape index (κ3) is 4.00. The fourth-order valence-electron chi connectivity index (χ4n) is 1.64. The molecule has 7 heteroatoms. The topological polar surface area (TPSA) is 66.9 Å². The second-order valence-electron chi connectivity index (χ2n) is 3.85. The first-order valence-electron chi connectivity index (χ1n) is 5.78. The lowest BCUT2D eigenvalue weighted by molar-refractivity contribution is 0.248. The maximum Gasteiger partial charge on any atom is 0.321 e. The zero-order valence-electron chi connectivity index (χ0n) is 10.3. The summed E-state index contributed by atoms with van der Waals surface area (Å²) in [6, 6.07) is 7.60. The van der Waals surface area contributed by atoms with Crippen molar-refractivity contribution in [3.63, 3.8) is 0 Å². The molecule has 19 heavy (non-hydrogen) atoms. The van der Waals surface area contributed by atoms with Crippen LogP contribution in [-0.4, -0.2) is 16.2 Å². The van der Waals surface area contributed by atoms with Crippen LogP contribution in [0.4, 0.5) is 9.93 Å². The van der Waals surface area contributed by atoms with Crippen molar-refractivity contribution in [2.75, 3.05) is 5.32 Å². The van der Waals surface area contributed by atoms with Crippen LogP contribution in [0.1, 0.15) is 24.9 Å². The molecule has 0 saturated carbocycles. The van der Waals surface area contributed by atoms with E-state index in [1.807, 2.05) is 31.2 Å². The summed E-state index contributed by atoms with van der Waals surface area (Å²) in [5.41, 5.74) is 2.64. The van der Waals surface area contributed by atoms with Crippen molar-refractivity contribution in [1.29, 1.82) is 0 Å². The minimum absolute atomic E-state index is 0.0268. The predicted molar refractivity (Wildman–Crippen MR) is 79.2 cm³/mol. The Balaban J connectivity index is 1.98. The number of halogens is 1. The van der Waals surface area contributed by atoms with E-state index in [9.17, 15) is 4.79 Å². The zero-order valence-corrected chi connectivity index (χ0v) is 12.7. The molecule has 0 radical (unpaired) electrons. The molecule has 1 aromatic heterocycles. The van der Waals surface area contributed by atoms with Crippen molar-refractivity contribution in [2.24, 2.45) is 0 Å². The van der Waals surface area contributed by atoms with Gasteiger partial charge in [0, 0.05) is 4.47 Å². The molecule has 1 aromatic carbocycles. The highest BCUT2D eigenvalue weighted by atomic mass is 79.9. The van der Waals surface area contributed by atoms with Crippen LogP contribution in [0, 0.1) is 0 Å². The quantitative estimate of drug-likeness (QED) is 0.893. The summed E-state index contributed by atoms with van der Waals surface area (Å²) in [6.45, 7) is 2.03. The molecule has 0 aliphatic carbocycles. The number of anilines is 1. The number of rotatable bonds is 4. The molecule has 0 aliphatic rings. The van der Waals surface area contributed by atoms with E-state index >= 15 is 0 Å². The van der Waals surface area contributed by atoms with Gasteiger partial charge in [-0.1, -0.05) is 46.3 Å². The second kappa shape index (κ2) is 6.63. The number of nitrogens with one attached hydrogen (secondary N) is 2. The van der Waals surface area contributed by atoms with Gasteiger partial charge in [-0.2, -0.15) is 0 Å². The number of hydrogen-bond acceptors (Lipinski definition) is 4. The summed E-state index contributed by atoms with van der Waals surface area (Å²) in [6.07, 6.45) is 0.811. The standard InChI is InChI=1S/C12H13BrN4OS/c1-2-10(8-3-5-9(13)6-4-8)15-11(18)16-12-17-14-7-19-12/h3-7,10H,2H2,1H3,(H2,15,16,17,18)/t10-/m0/s1. The number of amides is 2. The molecule has 1 atom stereocenters. The Kier molecular flexibility index (Phi) is 4.86. The van der Waals surface area contributed by atoms with Crippen LogP contribution in [0.5, 0.6) is 0 Å². The first kappa shape index (κ1) is 14.0. The van der Waals surface area contributed by atoms with E-state index in [0.717, 1.165) is 16.5 Å². The predicted octanol–water partition coefficient (Wildman–Crippen LogP) is 3.57. The van der Waals surface area contributed by atoms with Crippen LogP contribution in [0.15, 0.2) is 34.2 Å². The fourth-order valence-corrected chi connectivity index (χ4v) is 2.34. The molecule has 0 bridgehead atoms. The van der Waals surface area contributed by atoms with E-state index in [2.05, 4.69) is 36.8 Å². The number of carbonyl (C=O) groups excluding carboxylic acids is 1. The van der Waals surface area contributed by atoms with Crippen LogP contribution >= 0.6 is 27.3 Å². The van der Waals surface area contributed by atoms with Crippen molar-refractivity contribution in [3.8, 4) is 0 Å². The number of benzene rings is 1. The maximum atomic E-state index is 11.8. The number of nitrogens with zero attached hydrogens (tertiary/aromatic N) is 2. The Morgan fingerprint density at radius 2 is 2.16 bits per heavy atom. The van der Waals surface area contributed by atoms with E-state index in [1.54, 1.807) is 5.51 Å². The van der Waals surface area contributed by atoms with Crippen LogP contribution in [0.2, 0.25) is 0 Å². The molecule has 1 heterocycles. The molecule has 2 rings (SSSR count). The molecule has 100 valence electrons. The Hall–Kier alpha value is -1.47. The van der Waals surface area contributed by atoms with Gasteiger partial charge in [0.1, 0.15) is 5.51 Å². The smallest absolute Gasteiger partial charge is 0.321 e. The van der Waals surface area contributed by atoms with Gasteiger partial charge in [-0.05, 0) is 24.1 Å². The van der Waals surface area contributed by atoms with Crippen LogP contribution in [0.3, 0.4) is 0 Å². The molecule has 0 saturated heterocycles. The van der Waals surface area contributed by atoms with Crippen molar-refractivity contribution in [1.82, 2.24) is 15.5 Å². The van der Waals surface area contributed by atoms with Gasteiger partial charge < -0.3 is 5.32 Å². The lowest BCUT2D eigenvalue weighted by atomic mass is 10.1. The van der Waals surface area contributed by atoms with E-state index in [-0.39, 0.29) is 12.1 Å². The lowest BCUT2D eigenvalue weighted by Crippen LogP contribution is -2.32. The van der Waals surface area contributed by atoms with Gasteiger partial charge in [-0.25, -0.2) is 4.79 Å². The molecule has 0 fully saturated rings. The van der Waals surface area contributed by atoms with Gasteiger partial charge >= 0.3 is 6.03 Å². The number of hydrogen-bond donors (Lipinski definition) is 2. The minimum atomic E-state index is -0.272. The van der Waals surface area contributed by atoms with Crippen molar-refractivity contribution in [2.45, 2.75) is 19.4 Å². The summed E-state index contributed by atoms with van der Waals surface area (Å²) in [5, 5.41) is 13.5. The largest absolute Gasteiger partial charge is 0.331 e. The van der Waals surface area contributed by atoms with Gasteiger partial charge in [0.05, 0.1) is 6.04 Å². The Morgan fingerprint density at radius 1 is 1.42 bits per heavy atom. The summed E-state index contributed by atoms with van der Waals surface area (Å²) < 4.78 is 1.02. The SMILES string of the molecule is CC[C@H](NC(=O)Nc1nncs1)c1ccc(Br)cc1. The molecule has 5 nitrogen and oxygen atoms in total. The highest BCUT2D eigenvalue weighted by Gasteiger charge is 2.13. The molecule has 2 amide bonds. The first-order chi connectivity index (χ1) is 9.19. The van der Waals surface area contributed by atoms with Crippen molar-refractivity contribution < 1.29 is 4.79 Å². The van der Waals surface area contributed by atoms with Crippen molar-refractivity contribution in [3.05, 3.63) is 39.8 Å². The van der Waals surface area contributed by atoms with Gasteiger partial charge in [-0.15, -0.1) is 10.2 Å². The Labute approximate surface area is 123 Å². The van der Waals surface area contributed by atoms with Crippen LogP contribution < -0.4 is 10.6 Å². The van der Waals surface area contributed by atoms with E-state index in [4.69, 9.17) is 0 Å². The Bertz CT molecular complexity index is 529. The van der Waals surface area contributed by atoms with E-state index < -0.39 is 0 Å². The molecule has 0 unspecified atom stereocenters. The minimum Gasteiger partial charge on any atom is -0.331 e. The number of urea groups is 1. The third-order valence-electron chi connectivity index (χ3n) is 2.57. The maximum absolute atomic E-state index is 11.8. The highest BCUT2D eigenvalue weighted by molar-refractivity contribution is 9.10. The average molecular weight is 341 g/mol. The van der Waals surface area contributed by atoms with Crippen LogP contribution in [0.25, 0.3) is 0 Å². The molecule has 0 aliphatic heterocycles. The van der Waals surface area contributed by atoms with Gasteiger partial charge in [0.25, 0.3) is 0 Å². The first-order valence-corrected chi connectivity index (χ1v) is 7.45. The van der Waals surface area contributed by atoms with Gasteiger partial charge in [-0.3, -0.25) is 5.32 Å². The molecular weight excluding hydrogens is 328 g/mol. The third-order valence-corrected chi connectivity index (χ3v) is 3.70. The van der Waals surface area contributed by atoms with Crippen molar-refractivity contribution >= 4 is 38.4 Å². The van der Waals surface area contributed by atoms with Gasteiger partial charge in [0.15, 0.2) is 0 Å². The fraction of sp³-hybridized carbons (Fsp3) is 0.250. The number of carbonyl (C=O) groups is 1. The number of aromatic nitrogens is 2. The molecule has 2 N–H and O–H groups in total. The Morgan fingerprint density at radius 3 is 2.74 bits per heavy atom. The van der Waals surface area contributed by atoms with E-state index in [0.29, 0.717) is 5.13 Å². The monoisotopic (exact) mass is 340 g/mol. The summed E-state index contributed by atoms with van der Waals surface area (Å²) in [5.74, 6) is 0. The zero-order chi connectivity index (χ0) is 13.7. The van der Waals surface area contributed by atoms with E-state index in [1.165, 1.54) is 11.3 Å². The van der Waals surface area contributed by atoms with Crippen LogP contribution in [-0.2, 0) is 0 Å². The summed E-state index contributed by atoms with van der Waals surface area (Å²) >= 11 is 4.68. The molecule has 0 spiro atoms. The average Bonchev–Trinajstić information content (AvgIpc) is 2.90.